The molecule has 1 saturated heterocycles. The normalized spacial score (nSPS) is 23.4. The van der Waals surface area contributed by atoms with E-state index in [0.29, 0.717) is 5.89 Å². The maximum absolute atomic E-state index is 5.40. The van der Waals surface area contributed by atoms with E-state index in [0.717, 1.165) is 31.6 Å². The van der Waals surface area contributed by atoms with Crippen LogP contribution in [-0.2, 0) is 12.0 Å². The third-order valence-corrected chi connectivity index (χ3v) is 3.51. The molecule has 0 spiro atoms. The summed E-state index contributed by atoms with van der Waals surface area (Å²) >= 11 is 0. The van der Waals surface area contributed by atoms with E-state index in [2.05, 4.69) is 34.5 Å². The highest BCUT2D eigenvalue weighted by Crippen LogP contribution is 2.28. The fourth-order valence-electron chi connectivity index (χ4n) is 2.41. The molecule has 0 bridgehead atoms. The Morgan fingerprint density at radius 3 is 2.89 bits per heavy atom. The molecule has 0 radical (unpaired) electrons. The molecule has 1 aliphatic rings. The van der Waals surface area contributed by atoms with Crippen molar-refractivity contribution in [3.8, 4) is 0 Å². The summed E-state index contributed by atoms with van der Waals surface area (Å²) < 4.78 is 5.40. The van der Waals surface area contributed by atoms with Crippen molar-refractivity contribution in [3.63, 3.8) is 0 Å². The van der Waals surface area contributed by atoms with E-state index in [-0.39, 0.29) is 5.54 Å². The summed E-state index contributed by atoms with van der Waals surface area (Å²) in [7, 11) is 0. The van der Waals surface area contributed by atoms with Crippen molar-refractivity contribution < 1.29 is 4.52 Å². The van der Waals surface area contributed by atoms with Crippen LogP contribution in [-0.4, -0.2) is 16.7 Å². The minimum absolute atomic E-state index is 0.137. The molecule has 1 aromatic heterocycles. The van der Waals surface area contributed by atoms with Crippen LogP contribution in [0.25, 0.3) is 0 Å². The quantitative estimate of drug-likeness (QED) is 0.898. The predicted octanol–water partition coefficient (Wildman–Crippen LogP) is 2.26. The second-order valence-corrected chi connectivity index (χ2v) is 5.04. The Kier molecular flexibility index (Phi) is 2.88. The molecule has 1 N–H and O–H groups in total. The van der Waals surface area contributed by atoms with Crippen LogP contribution in [0.5, 0.6) is 0 Å². The Bertz CT molecular complexity index is 515. The highest BCUT2D eigenvalue weighted by atomic mass is 16.5. The molecule has 4 heteroatoms. The molecular formula is C14H17N3O. The average Bonchev–Trinajstić information content (AvgIpc) is 3.01. The van der Waals surface area contributed by atoms with Gasteiger partial charge in [-0.2, -0.15) is 4.98 Å². The Balaban J connectivity index is 1.78. The van der Waals surface area contributed by atoms with Crippen molar-refractivity contribution in [1.29, 1.82) is 0 Å². The van der Waals surface area contributed by atoms with Crippen molar-refractivity contribution in [2.24, 2.45) is 0 Å². The minimum Gasteiger partial charge on any atom is -0.337 e. The molecule has 1 unspecified atom stereocenters. The molecule has 1 aromatic carbocycles. The molecule has 4 nitrogen and oxygen atoms in total. The highest BCUT2D eigenvalue weighted by molar-refractivity contribution is 5.18. The van der Waals surface area contributed by atoms with Gasteiger partial charge < -0.3 is 9.84 Å². The summed E-state index contributed by atoms with van der Waals surface area (Å²) in [4.78, 5) is 4.52. The topological polar surface area (TPSA) is 51.0 Å². The van der Waals surface area contributed by atoms with Gasteiger partial charge in [0.15, 0.2) is 5.82 Å². The number of nitrogens with one attached hydrogen (secondary N) is 1. The smallest absolute Gasteiger partial charge is 0.246 e. The molecule has 3 rings (SSSR count). The maximum Gasteiger partial charge on any atom is 0.246 e. The SMILES string of the molecule is CC1(c2nc(Cc3ccccc3)no2)CCCN1. The lowest BCUT2D eigenvalue weighted by atomic mass is 10.0. The maximum atomic E-state index is 5.40. The second kappa shape index (κ2) is 4.53. The van der Waals surface area contributed by atoms with Crippen LogP contribution in [0, 0.1) is 0 Å². The molecule has 0 saturated carbocycles. The predicted molar refractivity (Wildman–Crippen MR) is 68.1 cm³/mol. The number of nitrogens with zero attached hydrogens (tertiary/aromatic N) is 2. The van der Waals surface area contributed by atoms with Gasteiger partial charge in [-0.3, -0.25) is 0 Å². The third-order valence-electron chi connectivity index (χ3n) is 3.51. The van der Waals surface area contributed by atoms with E-state index in [4.69, 9.17) is 4.52 Å². The summed E-state index contributed by atoms with van der Waals surface area (Å²) in [6.45, 7) is 3.15. The van der Waals surface area contributed by atoms with E-state index in [1.165, 1.54) is 5.56 Å². The van der Waals surface area contributed by atoms with E-state index in [1.54, 1.807) is 0 Å². The fourth-order valence-corrected chi connectivity index (χ4v) is 2.41. The molecule has 0 amide bonds. The first-order valence-electron chi connectivity index (χ1n) is 6.38. The van der Waals surface area contributed by atoms with Crippen molar-refractivity contribution in [2.45, 2.75) is 31.7 Å². The number of benzene rings is 1. The summed E-state index contributed by atoms with van der Waals surface area (Å²) in [5.74, 6) is 1.47. The standard InChI is InChI=1S/C14H17N3O/c1-14(8-5-9-15-14)13-16-12(17-18-13)10-11-6-3-2-4-7-11/h2-4,6-7,15H,5,8-10H2,1H3. The summed E-state index contributed by atoms with van der Waals surface area (Å²) in [6.07, 6.45) is 2.94. The van der Waals surface area contributed by atoms with Gasteiger partial charge in [-0.25, -0.2) is 0 Å². The van der Waals surface area contributed by atoms with Crippen molar-refractivity contribution in [2.75, 3.05) is 6.54 Å². The van der Waals surface area contributed by atoms with Crippen LogP contribution in [0.15, 0.2) is 34.9 Å². The van der Waals surface area contributed by atoms with E-state index in [1.807, 2.05) is 18.2 Å². The van der Waals surface area contributed by atoms with Crippen molar-refractivity contribution in [1.82, 2.24) is 15.5 Å². The lowest BCUT2D eigenvalue weighted by Crippen LogP contribution is -2.33. The summed E-state index contributed by atoms with van der Waals surface area (Å²) in [5.41, 5.74) is 1.07. The van der Waals surface area contributed by atoms with Gasteiger partial charge in [0.1, 0.15) is 0 Å². The Morgan fingerprint density at radius 2 is 2.17 bits per heavy atom. The zero-order chi connectivity index (χ0) is 12.4. The van der Waals surface area contributed by atoms with Crippen molar-refractivity contribution in [3.05, 3.63) is 47.6 Å². The Labute approximate surface area is 106 Å². The first-order chi connectivity index (χ1) is 8.76. The number of hydrogen-bond donors (Lipinski definition) is 1. The lowest BCUT2D eigenvalue weighted by Gasteiger charge is -2.18. The first kappa shape index (κ1) is 11.4. The van der Waals surface area contributed by atoms with Gasteiger partial charge >= 0.3 is 0 Å². The molecular weight excluding hydrogens is 226 g/mol. The van der Waals surface area contributed by atoms with Gasteiger partial charge in [0.25, 0.3) is 0 Å². The fraction of sp³-hybridized carbons (Fsp3) is 0.429. The zero-order valence-corrected chi connectivity index (χ0v) is 10.5. The molecule has 2 heterocycles. The van der Waals surface area contributed by atoms with Gasteiger partial charge in [0, 0.05) is 6.42 Å². The van der Waals surface area contributed by atoms with Crippen LogP contribution < -0.4 is 5.32 Å². The van der Waals surface area contributed by atoms with Crippen LogP contribution in [0.2, 0.25) is 0 Å². The number of rotatable bonds is 3. The molecule has 2 aromatic rings. The van der Waals surface area contributed by atoms with Gasteiger partial charge in [-0.15, -0.1) is 0 Å². The largest absolute Gasteiger partial charge is 0.337 e. The Hall–Kier alpha value is -1.68. The molecule has 1 aliphatic heterocycles. The van der Waals surface area contributed by atoms with Gasteiger partial charge in [0.05, 0.1) is 5.54 Å². The molecule has 94 valence electrons. The lowest BCUT2D eigenvalue weighted by molar-refractivity contribution is 0.274. The molecule has 1 fully saturated rings. The zero-order valence-electron chi connectivity index (χ0n) is 10.5. The average molecular weight is 243 g/mol. The number of hydrogen-bond acceptors (Lipinski definition) is 4. The minimum atomic E-state index is -0.137. The van der Waals surface area contributed by atoms with Gasteiger partial charge in [-0.05, 0) is 31.9 Å². The third kappa shape index (κ3) is 2.16. The van der Waals surface area contributed by atoms with Gasteiger partial charge in [-0.1, -0.05) is 35.5 Å². The van der Waals surface area contributed by atoms with Crippen LogP contribution in [0.4, 0.5) is 0 Å². The molecule has 0 aliphatic carbocycles. The highest BCUT2D eigenvalue weighted by Gasteiger charge is 2.35. The molecule has 18 heavy (non-hydrogen) atoms. The van der Waals surface area contributed by atoms with Crippen LogP contribution in [0.3, 0.4) is 0 Å². The van der Waals surface area contributed by atoms with Crippen LogP contribution in [0.1, 0.15) is 37.0 Å². The monoisotopic (exact) mass is 243 g/mol. The summed E-state index contributed by atoms with van der Waals surface area (Å²) in [6, 6.07) is 10.2. The Morgan fingerprint density at radius 1 is 1.33 bits per heavy atom. The molecule has 1 atom stereocenters. The van der Waals surface area contributed by atoms with E-state index < -0.39 is 0 Å². The van der Waals surface area contributed by atoms with Crippen LogP contribution >= 0.6 is 0 Å². The first-order valence-corrected chi connectivity index (χ1v) is 6.38. The van der Waals surface area contributed by atoms with Crippen molar-refractivity contribution >= 4 is 0 Å². The van der Waals surface area contributed by atoms with Gasteiger partial charge in [0.2, 0.25) is 5.89 Å². The summed E-state index contributed by atoms with van der Waals surface area (Å²) in [5, 5.41) is 7.51. The second-order valence-electron chi connectivity index (χ2n) is 5.04. The van der Waals surface area contributed by atoms with E-state index in [9.17, 15) is 0 Å². The number of aromatic nitrogens is 2. The van der Waals surface area contributed by atoms with E-state index >= 15 is 0 Å².